The van der Waals surface area contributed by atoms with Crippen molar-refractivity contribution in [1.82, 2.24) is 4.57 Å². The number of nitrogens with zero attached hydrogens (tertiary/aromatic N) is 1. The first kappa shape index (κ1) is 20.6. The highest BCUT2D eigenvalue weighted by molar-refractivity contribution is 7.98. The van der Waals surface area contributed by atoms with Crippen molar-refractivity contribution in [2.24, 2.45) is 11.7 Å². The molecule has 2 aromatic carbocycles. The number of fused-ring (bicyclic) bond motifs is 1. The maximum absolute atomic E-state index is 13.1. The lowest BCUT2D eigenvalue weighted by atomic mass is 9.96. The second kappa shape index (κ2) is 8.76. The summed E-state index contributed by atoms with van der Waals surface area (Å²) in [5.74, 6) is 0.370. The van der Waals surface area contributed by atoms with Crippen LogP contribution in [0.2, 0.25) is 0 Å². The third-order valence-corrected chi connectivity index (χ3v) is 5.11. The van der Waals surface area contributed by atoms with Crippen molar-refractivity contribution < 1.29 is 0 Å². The summed E-state index contributed by atoms with van der Waals surface area (Å²) >= 11 is 1.68. The molecule has 3 rings (SSSR count). The maximum Gasteiger partial charge on any atom is 0.258 e. The smallest absolute Gasteiger partial charge is 0.258 e. The van der Waals surface area contributed by atoms with Crippen molar-refractivity contribution in [2.45, 2.75) is 31.8 Å². The van der Waals surface area contributed by atoms with E-state index >= 15 is 0 Å². The van der Waals surface area contributed by atoms with Crippen molar-refractivity contribution in [3.8, 4) is 11.1 Å². The van der Waals surface area contributed by atoms with E-state index in [4.69, 9.17) is 5.73 Å². The minimum absolute atomic E-state index is 0. The molecule has 0 saturated heterocycles. The summed E-state index contributed by atoms with van der Waals surface area (Å²) in [6, 6.07) is 16.3. The largest absolute Gasteiger partial charge is 0.325 e. The minimum atomic E-state index is 0. The average molecular weight is 389 g/mol. The quantitative estimate of drug-likeness (QED) is 0.630. The lowest BCUT2D eigenvalue weighted by Gasteiger charge is -2.21. The van der Waals surface area contributed by atoms with Gasteiger partial charge >= 0.3 is 0 Å². The van der Waals surface area contributed by atoms with E-state index in [0.717, 1.165) is 32.5 Å². The molecule has 3 nitrogen and oxygen atoms in total. The summed E-state index contributed by atoms with van der Waals surface area (Å²) in [6.07, 6.45) is 2.05. The number of nitrogens with two attached hydrogens (primary N) is 1. The molecule has 0 radical (unpaired) electrons. The van der Waals surface area contributed by atoms with Gasteiger partial charge in [-0.3, -0.25) is 4.79 Å². The van der Waals surface area contributed by atoms with E-state index in [1.807, 2.05) is 41.2 Å². The number of hydrogen-bond donors (Lipinski definition) is 1. The summed E-state index contributed by atoms with van der Waals surface area (Å²) in [7, 11) is 0. The third-order valence-electron chi connectivity index (χ3n) is 4.39. The molecule has 26 heavy (non-hydrogen) atoms. The zero-order chi connectivity index (χ0) is 18.0. The lowest BCUT2D eigenvalue weighted by Crippen LogP contribution is -2.28. The minimum Gasteiger partial charge on any atom is -0.325 e. The second-order valence-corrected chi connectivity index (χ2v) is 7.49. The first-order valence-corrected chi connectivity index (χ1v) is 9.78. The summed E-state index contributed by atoms with van der Waals surface area (Å²) in [6.45, 7) is 5.25. The molecule has 0 atom stereocenters. The van der Waals surface area contributed by atoms with Gasteiger partial charge < -0.3 is 10.3 Å². The number of hydrogen-bond acceptors (Lipinski definition) is 3. The van der Waals surface area contributed by atoms with Crippen LogP contribution in [-0.2, 0) is 13.1 Å². The van der Waals surface area contributed by atoms with Crippen molar-refractivity contribution in [1.29, 1.82) is 0 Å². The van der Waals surface area contributed by atoms with Crippen LogP contribution in [0, 0.1) is 5.92 Å². The fourth-order valence-corrected chi connectivity index (χ4v) is 3.74. The maximum atomic E-state index is 13.1. The molecular formula is C21H25ClN2OS. The van der Waals surface area contributed by atoms with Crippen LogP contribution in [0.25, 0.3) is 21.9 Å². The molecule has 3 aromatic rings. The molecule has 138 valence electrons. The Kier molecular flexibility index (Phi) is 6.93. The van der Waals surface area contributed by atoms with Crippen LogP contribution in [0.15, 0.2) is 58.2 Å². The zero-order valence-corrected chi connectivity index (χ0v) is 17.0. The van der Waals surface area contributed by atoms with E-state index in [1.54, 1.807) is 11.8 Å². The number of pyridine rings is 1. The molecule has 1 aromatic heterocycles. The Balaban J connectivity index is 0.00000243. The Morgan fingerprint density at radius 2 is 1.77 bits per heavy atom. The van der Waals surface area contributed by atoms with Gasteiger partial charge in [-0.1, -0.05) is 44.2 Å². The van der Waals surface area contributed by atoms with Crippen molar-refractivity contribution in [3.05, 3.63) is 64.6 Å². The summed E-state index contributed by atoms with van der Waals surface area (Å²) in [4.78, 5) is 14.3. The Morgan fingerprint density at radius 3 is 2.35 bits per heavy atom. The molecule has 0 saturated carbocycles. The van der Waals surface area contributed by atoms with E-state index < -0.39 is 0 Å². The van der Waals surface area contributed by atoms with E-state index in [-0.39, 0.29) is 18.0 Å². The van der Waals surface area contributed by atoms with Gasteiger partial charge in [0.05, 0.1) is 0 Å². The molecule has 0 amide bonds. The fourth-order valence-electron chi connectivity index (χ4n) is 3.30. The van der Waals surface area contributed by atoms with Crippen LogP contribution in [0.5, 0.6) is 0 Å². The van der Waals surface area contributed by atoms with E-state index in [0.29, 0.717) is 19.0 Å². The summed E-state index contributed by atoms with van der Waals surface area (Å²) < 4.78 is 1.87. The van der Waals surface area contributed by atoms with Gasteiger partial charge in [0.1, 0.15) is 0 Å². The molecule has 0 fully saturated rings. The van der Waals surface area contributed by atoms with Gasteiger partial charge in [-0.25, -0.2) is 0 Å². The summed E-state index contributed by atoms with van der Waals surface area (Å²) in [5, 5.41) is 1.75. The van der Waals surface area contributed by atoms with Crippen LogP contribution in [0.3, 0.4) is 0 Å². The molecule has 1 heterocycles. The van der Waals surface area contributed by atoms with Crippen LogP contribution in [0.4, 0.5) is 0 Å². The number of rotatable bonds is 5. The molecule has 0 unspecified atom stereocenters. The fraction of sp³-hybridized carbons (Fsp3) is 0.286. The van der Waals surface area contributed by atoms with Gasteiger partial charge in [0.25, 0.3) is 5.56 Å². The van der Waals surface area contributed by atoms with E-state index in [1.165, 1.54) is 0 Å². The molecule has 0 bridgehead atoms. The van der Waals surface area contributed by atoms with Gasteiger partial charge in [0, 0.05) is 34.6 Å². The zero-order valence-electron chi connectivity index (χ0n) is 15.4. The predicted molar refractivity (Wildman–Crippen MR) is 115 cm³/mol. The molecule has 0 aliphatic carbocycles. The highest BCUT2D eigenvalue weighted by Crippen LogP contribution is 2.33. The summed E-state index contributed by atoms with van der Waals surface area (Å²) in [5.41, 5.74) is 9.27. The second-order valence-electron chi connectivity index (χ2n) is 6.61. The highest BCUT2D eigenvalue weighted by atomic mass is 35.5. The van der Waals surface area contributed by atoms with Gasteiger partial charge in [-0.05, 0) is 41.3 Å². The Hall–Kier alpha value is -1.75. The SMILES string of the molecule is CSc1ccc2c(=O)n(CC(C)C)c(CN)c(-c3ccccc3)c2c1.Cl. The normalized spacial score (nSPS) is 11.0. The predicted octanol–water partition coefficient (Wildman–Crippen LogP) is 4.93. The van der Waals surface area contributed by atoms with Crippen molar-refractivity contribution in [3.63, 3.8) is 0 Å². The van der Waals surface area contributed by atoms with Crippen LogP contribution >= 0.6 is 24.2 Å². The van der Waals surface area contributed by atoms with Crippen LogP contribution in [-0.4, -0.2) is 10.8 Å². The first-order valence-electron chi connectivity index (χ1n) is 8.55. The molecular weight excluding hydrogens is 364 g/mol. The molecule has 0 aliphatic heterocycles. The number of aromatic nitrogens is 1. The van der Waals surface area contributed by atoms with Gasteiger partial charge in [0.15, 0.2) is 0 Å². The number of thioether (sulfide) groups is 1. The third kappa shape index (κ3) is 3.83. The van der Waals surface area contributed by atoms with Gasteiger partial charge in [-0.2, -0.15) is 0 Å². The Bertz CT molecular complexity index is 952. The van der Waals surface area contributed by atoms with Crippen LogP contribution in [0.1, 0.15) is 19.5 Å². The van der Waals surface area contributed by atoms with E-state index in [9.17, 15) is 4.79 Å². The monoisotopic (exact) mass is 388 g/mol. The molecule has 0 spiro atoms. The first-order chi connectivity index (χ1) is 12.1. The topological polar surface area (TPSA) is 48.0 Å². The van der Waals surface area contributed by atoms with Gasteiger partial charge in [0.2, 0.25) is 0 Å². The van der Waals surface area contributed by atoms with Crippen molar-refractivity contribution >= 4 is 34.9 Å². The number of halogens is 1. The van der Waals surface area contributed by atoms with Crippen molar-refractivity contribution in [2.75, 3.05) is 6.26 Å². The number of benzene rings is 2. The Morgan fingerprint density at radius 1 is 1.08 bits per heavy atom. The lowest BCUT2D eigenvalue weighted by molar-refractivity contribution is 0.499. The van der Waals surface area contributed by atoms with E-state index in [2.05, 4.69) is 32.0 Å². The highest BCUT2D eigenvalue weighted by Gasteiger charge is 2.18. The Labute approximate surface area is 165 Å². The molecule has 0 aliphatic rings. The standard InChI is InChI=1S/C21H24N2OS.ClH/c1-14(2)13-23-19(12-22)20(15-7-5-4-6-8-15)18-11-16(25-3)9-10-17(18)21(23)24;/h4-11,14H,12-13,22H2,1-3H3;1H. The molecule has 2 N–H and O–H groups in total. The van der Waals surface area contributed by atoms with Crippen LogP contribution < -0.4 is 11.3 Å². The average Bonchev–Trinajstić information content (AvgIpc) is 2.63. The van der Waals surface area contributed by atoms with Gasteiger partial charge in [-0.15, -0.1) is 24.2 Å². The molecule has 5 heteroatoms.